The van der Waals surface area contributed by atoms with Gasteiger partial charge in [0.25, 0.3) is 0 Å². The predicted octanol–water partition coefficient (Wildman–Crippen LogP) is 0.897. The maximum absolute atomic E-state index is 12.0. The van der Waals surface area contributed by atoms with Gasteiger partial charge in [-0.05, 0) is 37.0 Å². The van der Waals surface area contributed by atoms with E-state index in [1.807, 2.05) is 0 Å². The lowest BCUT2D eigenvalue weighted by Crippen LogP contribution is -2.31. The minimum atomic E-state index is -3.46. The normalized spacial score (nSPS) is 15.7. The van der Waals surface area contributed by atoms with Crippen LogP contribution in [0.15, 0.2) is 29.2 Å². The van der Waals surface area contributed by atoms with Gasteiger partial charge in [0.15, 0.2) is 0 Å². The minimum absolute atomic E-state index is 0.0616. The van der Waals surface area contributed by atoms with Gasteiger partial charge in [0.1, 0.15) is 0 Å². The molecule has 2 rings (SSSR count). The van der Waals surface area contributed by atoms with Gasteiger partial charge in [-0.2, -0.15) is 0 Å². The van der Waals surface area contributed by atoms with Gasteiger partial charge in [-0.3, -0.25) is 9.59 Å². The monoisotopic (exact) mass is 354 g/mol. The molecule has 1 aliphatic rings. The summed E-state index contributed by atoms with van der Waals surface area (Å²) in [4.78, 5) is 22.6. The largest absolute Gasteiger partial charge is 0.481 e. The fraction of sp³-hybridized carbons (Fsp3) is 0.500. The number of nitrogens with one attached hydrogen (secondary N) is 2. The smallest absolute Gasteiger partial charge is 0.308 e. The summed E-state index contributed by atoms with van der Waals surface area (Å²) >= 11 is 0. The van der Waals surface area contributed by atoms with Crippen LogP contribution >= 0.6 is 0 Å². The molecule has 7 nitrogen and oxygen atoms in total. The minimum Gasteiger partial charge on any atom is -0.481 e. The van der Waals surface area contributed by atoms with Gasteiger partial charge in [-0.15, -0.1) is 0 Å². The number of rotatable bonds is 9. The Labute approximate surface area is 141 Å². The molecule has 1 saturated carbocycles. The Balaban J connectivity index is 1.81. The number of amides is 1. The molecule has 1 fully saturated rings. The summed E-state index contributed by atoms with van der Waals surface area (Å²) in [6, 6.07) is 6.50. The first-order valence-electron chi connectivity index (χ1n) is 7.88. The van der Waals surface area contributed by atoms with E-state index in [9.17, 15) is 18.0 Å². The summed E-state index contributed by atoms with van der Waals surface area (Å²) in [7, 11) is -3.46. The molecule has 3 N–H and O–H groups in total. The molecule has 0 aliphatic heterocycles. The molecule has 1 aliphatic carbocycles. The highest BCUT2D eigenvalue weighted by atomic mass is 32.2. The van der Waals surface area contributed by atoms with E-state index in [0.717, 1.165) is 18.4 Å². The summed E-state index contributed by atoms with van der Waals surface area (Å²) in [5, 5.41) is 11.3. The van der Waals surface area contributed by atoms with Crippen molar-refractivity contribution in [3.63, 3.8) is 0 Å². The van der Waals surface area contributed by atoms with Gasteiger partial charge < -0.3 is 10.4 Å². The van der Waals surface area contributed by atoms with E-state index in [2.05, 4.69) is 10.0 Å². The summed E-state index contributed by atoms with van der Waals surface area (Å²) in [6.45, 7) is 1.62. The molecule has 0 radical (unpaired) electrons. The maximum atomic E-state index is 12.0. The highest BCUT2D eigenvalue weighted by molar-refractivity contribution is 7.89. The zero-order chi connectivity index (χ0) is 17.7. The Bertz CT molecular complexity index is 696. The number of aryl methyl sites for hydroxylation is 1. The number of sulfonamides is 1. The van der Waals surface area contributed by atoms with Crippen molar-refractivity contribution < 1.29 is 23.1 Å². The van der Waals surface area contributed by atoms with E-state index >= 15 is 0 Å². The van der Waals surface area contributed by atoms with Gasteiger partial charge in [-0.25, -0.2) is 13.1 Å². The Morgan fingerprint density at radius 2 is 1.88 bits per heavy atom. The number of carboxylic acids is 1. The van der Waals surface area contributed by atoms with E-state index in [1.54, 1.807) is 12.1 Å². The van der Waals surface area contributed by atoms with Crippen LogP contribution in [0.1, 0.15) is 31.7 Å². The quantitative estimate of drug-likeness (QED) is 0.610. The highest BCUT2D eigenvalue weighted by Crippen LogP contribution is 2.22. The molecule has 1 unspecified atom stereocenters. The molecule has 132 valence electrons. The standard InChI is InChI=1S/C16H22N2O5S/c1-11(16(20)21)10-17-15(19)9-4-12-2-7-14(8-3-12)24(22,23)18-13-5-6-13/h2-3,7-8,11,13,18H,4-6,9-10H2,1H3,(H,17,19)(H,20,21). The predicted molar refractivity (Wildman–Crippen MR) is 87.9 cm³/mol. The number of carbonyl (C=O) groups is 2. The lowest BCUT2D eigenvalue weighted by atomic mass is 10.1. The van der Waals surface area contributed by atoms with Gasteiger partial charge in [0.2, 0.25) is 15.9 Å². The Morgan fingerprint density at radius 3 is 2.42 bits per heavy atom. The van der Waals surface area contributed by atoms with E-state index in [0.29, 0.717) is 6.42 Å². The second-order valence-corrected chi connectivity index (χ2v) is 7.80. The summed E-state index contributed by atoms with van der Waals surface area (Å²) in [6.07, 6.45) is 2.45. The number of hydrogen-bond donors (Lipinski definition) is 3. The van der Waals surface area contributed by atoms with Gasteiger partial charge in [0.05, 0.1) is 10.8 Å². The molecule has 0 saturated heterocycles. The van der Waals surface area contributed by atoms with Crippen molar-refractivity contribution >= 4 is 21.9 Å². The van der Waals surface area contributed by atoms with Crippen LogP contribution in [-0.2, 0) is 26.0 Å². The van der Waals surface area contributed by atoms with E-state index in [1.165, 1.54) is 19.1 Å². The first-order chi connectivity index (χ1) is 11.3. The van der Waals surface area contributed by atoms with Gasteiger partial charge in [-0.1, -0.05) is 19.1 Å². The van der Waals surface area contributed by atoms with Crippen molar-refractivity contribution in [2.24, 2.45) is 5.92 Å². The first kappa shape index (κ1) is 18.4. The molecule has 0 aromatic heterocycles. The second-order valence-electron chi connectivity index (χ2n) is 6.08. The highest BCUT2D eigenvalue weighted by Gasteiger charge is 2.27. The fourth-order valence-electron chi connectivity index (χ4n) is 2.02. The van der Waals surface area contributed by atoms with Crippen LogP contribution < -0.4 is 10.0 Å². The molecule has 1 amide bonds. The molecular weight excluding hydrogens is 332 g/mol. The average Bonchev–Trinajstić information content (AvgIpc) is 3.34. The van der Waals surface area contributed by atoms with E-state index in [-0.39, 0.29) is 29.8 Å². The third-order valence-corrected chi connectivity index (χ3v) is 5.34. The summed E-state index contributed by atoms with van der Waals surface area (Å²) in [5.41, 5.74) is 0.849. The SMILES string of the molecule is CC(CNC(=O)CCc1ccc(S(=O)(=O)NC2CC2)cc1)C(=O)O. The molecular formula is C16H22N2O5S. The summed E-state index contributed by atoms with van der Waals surface area (Å²) < 4.78 is 26.7. The zero-order valence-corrected chi connectivity index (χ0v) is 14.3. The molecule has 1 aromatic rings. The molecule has 0 heterocycles. The Hall–Kier alpha value is -1.93. The van der Waals surface area contributed by atoms with Crippen LogP contribution in [0.2, 0.25) is 0 Å². The molecule has 1 aromatic carbocycles. The van der Waals surface area contributed by atoms with Crippen molar-refractivity contribution in [1.29, 1.82) is 0 Å². The lowest BCUT2D eigenvalue weighted by Gasteiger charge is -2.09. The van der Waals surface area contributed by atoms with E-state index < -0.39 is 21.9 Å². The molecule has 0 bridgehead atoms. The van der Waals surface area contributed by atoms with Crippen LogP contribution in [-0.4, -0.2) is 38.0 Å². The van der Waals surface area contributed by atoms with Crippen molar-refractivity contribution in [3.8, 4) is 0 Å². The maximum Gasteiger partial charge on any atom is 0.308 e. The van der Waals surface area contributed by atoms with E-state index in [4.69, 9.17) is 5.11 Å². The second kappa shape index (κ2) is 7.76. The topological polar surface area (TPSA) is 113 Å². The third kappa shape index (κ3) is 5.61. The first-order valence-corrected chi connectivity index (χ1v) is 9.37. The van der Waals surface area contributed by atoms with Crippen LogP contribution in [0.4, 0.5) is 0 Å². The lowest BCUT2D eigenvalue weighted by molar-refractivity contribution is -0.141. The molecule has 1 atom stereocenters. The third-order valence-electron chi connectivity index (χ3n) is 3.80. The van der Waals surface area contributed by atoms with Gasteiger partial charge in [0, 0.05) is 19.0 Å². The number of hydrogen-bond acceptors (Lipinski definition) is 4. The summed E-state index contributed by atoms with van der Waals surface area (Å²) in [5.74, 6) is -1.81. The van der Waals surface area contributed by atoms with Gasteiger partial charge >= 0.3 is 5.97 Å². The van der Waals surface area contributed by atoms with Crippen molar-refractivity contribution in [2.75, 3.05) is 6.54 Å². The zero-order valence-electron chi connectivity index (χ0n) is 13.5. The number of carbonyl (C=O) groups excluding carboxylic acids is 1. The van der Waals surface area contributed by atoms with Crippen molar-refractivity contribution in [2.45, 2.75) is 43.5 Å². The molecule has 8 heteroatoms. The number of carboxylic acid groups (broad SMARTS) is 1. The number of aliphatic carboxylic acids is 1. The Morgan fingerprint density at radius 1 is 1.25 bits per heavy atom. The van der Waals surface area contributed by atoms with Crippen LogP contribution in [0.25, 0.3) is 0 Å². The fourth-order valence-corrected chi connectivity index (χ4v) is 3.33. The number of benzene rings is 1. The average molecular weight is 354 g/mol. The molecule has 0 spiro atoms. The van der Waals surface area contributed by atoms with Crippen LogP contribution in [0.3, 0.4) is 0 Å². The van der Waals surface area contributed by atoms with Crippen LogP contribution in [0.5, 0.6) is 0 Å². The van der Waals surface area contributed by atoms with Crippen LogP contribution in [0, 0.1) is 5.92 Å². The molecule has 24 heavy (non-hydrogen) atoms. The Kier molecular flexibility index (Phi) is 5.95. The van der Waals surface area contributed by atoms with Crippen molar-refractivity contribution in [3.05, 3.63) is 29.8 Å². The van der Waals surface area contributed by atoms with Crippen molar-refractivity contribution in [1.82, 2.24) is 10.0 Å².